The number of nitrogens with zero attached hydrogens (tertiary/aromatic N) is 2. The third-order valence-corrected chi connectivity index (χ3v) is 3.16. The third-order valence-electron chi connectivity index (χ3n) is 3.16. The van der Waals surface area contributed by atoms with Crippen LogP contribution in [-0.4, -0.2) is 31.2 Å². The largest absolute Gasteiger partial charge is 0.353 e. The molecule has 6 heteroatoms. The van der Waals surface area contributed by atoms with Gasteiger partial charge in [0.2, 0.25) is 5.95 Å². The molecule has 0 amide bonds. The van der Waals surface area contributed by atoms with Crippen molar-refractivity contribution in [3.8, 4) is 0 Å². The lowest BCUT2D eigenvalue weighted by Gasteiger charge is -2.29. The minimum Gasteiger partial charge on any atom is -0.353 e. The molecule has 1 saturated heterocycles. The number of hydrogen-bond donors (Lipinski definition) is 1. The number of fused-ring (bicyclic) bond motifs is 1. The van der Waals surface area contributed by atoms with Crippen molar-refractivity contribution in [3.05, 3.63) is 36.0 Å². The summed E-state index contributed by atoms with van der Waals surface area (Å²) in [6.45, 7) is 3.16. The molecular weight excluding hydrogens is 272 g/mol. The van der Waals surface area contributed by atoms with Gasteiger partial charge in [-0.25, -0.2) is 9.37 Å². The second-order valence-electron chi connectivity index (χ2n) is 4.37. The quantitative estimate of drug-likeness (QED) is 0.815. The molecule has 2 aromatic rings. The highest BCUT2D eigenvalue weighted by Gasteiger charge is 2.16. The van der Waals surface area contributed by atoms with E-state index < -0.39 is 5.95 Å². The number of piperazine rings is 1. The average Bonchev–Trinajstić information content (AvgIpc) is 2.39. The van der Waals surface area contributed by atoms with Gasteiger partial charge in [-0.1, -0.05) is 6.07 Å². The number of aromatic nitrogens is 1. The van der Waals surface area contributed by atoms with Crippen molar-refractivity contribution in [3.63, 3.8) is 0 Å². The summed E-state index contributed by atoms with van der Waals surface area (Å²) in [5, 5.41) is 4.56. The molecule has 3 rings (SSSR count). The Morgan fingerprint density at radius 2 is 1.84 bits per heavy atom. The van der Waals surface area contributed by atoms with E-state index in [0.29, 0.717) is 16.6 Å². The maximum atomic E-state index is 13.5. The van der Waals surface area contributed by atoms with Crippen LogP contribution in [0.2, 0.25) is 0 Å². The van der Waals surface area contributed by atoms with E-state index in [1.165, 1.54) is 18.2 Å². The second kappa shape index (κ2) is 5.67. The van der Waals surface area contributed by atoms with Gasteiger partial charge in [-0.15, -0.1) is 12.4 Å². The number of anilines is 1. The van der Waals surface area contributed by atoms with Crippen LogP contribution < -0.4 is 10.2 Å². The Balaban J connectivity index is 0.00000133. The van der Waals surface area contributed by atoms with Crippen molar-refractivity contribution in [2.24, 2.45) is 0 Å². The fourth-order valence-electron chi connectivity index (χ4n) is 2.29. The Hall–Kier alpha value is -1.46. The highest BCUT2D eigenvalue weighted by atomic mass is 35.5. The summed E-state index contributed by atoms with van der Waals surface area (Å²) in [6, 6.07) is 5.67. The van der Waals surface area contributed by atoms with Crippen LogP contribution in [0.25, 0.3) is 10.8 Å². The van der Waals surface area contributed by atoms with Crippen molar-refractivity contribution in [1.29, 1.82) is 0 Å². The molecule has 0 bridgehead atoms. The van der Waals surface area contributed by atoms with Crippen LogP contribution >= 0.6 is 12.4 Å². The molecule has 1 aliphatic rings. The average molecular weight is 286 g/mol. The molecule has 19 heavy (non-hydrogen) atoms. The highest BCUT2D eigenvalue weighted by Crippen LogP contribution is 2.26. The van der Waals surface area contributed by atoms with Crippen molar-refractivity contribution in [2.45, 2.75) is 0 Å². The lowest BCUT2D eigenvalue weighted by Crippen LogP contribution is -2.44. The second-order valence-corrected chi connectivity index (χ2v) is 4.37. The van der Waals surface area contributed by atoms with Crippen LogP contribution in [0.15, 0.2) is 24.3 Å². The summed E-state index contributed by atoms with van der Waals surface area (Å²) >= 11 is 0. The number of pyridine rings is 1. The Morgan fingerprint density at radius 1 is 1.11 bits per heavy atom. The van der Waals surface area contributed by atoms with E-state index in [1.54, 1.807) is 6.07 Å². The van der Waals surface area contributed by atoms with Crippen LogP contribution in [0.1, 0.15) is 0 Å². The Kier molecular flexibility index (Phi) is 4.17. The van der Waals surface area contributed by atoms with E-state index in [4.69, 9.17) is 0 Å². The number of rotatable bonds is 1. The van der Waals surface area contributed by atoms with Gasteiger partial charge in [0, 0.05) is 37.6 Å². The molecule has 1 aliphatic heterocycles. The van der Waals surface area contributed by atoms with Crippen LogP contribution in [-0.2, 0) is 0 Å². The molecule has 1 aromatic heterocycles. The van der Waals surface area contributed by atoms with Crippen LogP contribution in [0, 0.1) is 11.8 Å². The van der Waals surface area contributed by atoms with E-state index in [1.807, 2.05) is 4.90 Å². The van der Waals surface area contributed by atoms with Gasteiger partial charge in [0.1, 0.15) is 11.6 Å². The van der Waals surface area contributed by atoms with Crippen molar-refractivity contribution in [2.75, 3.05) is 31.1 Å². The molecule has 1 N–H and O–H groups in total. The smallest absolute Gasteiger partial charge is 0.215 e. The van der Waals surface area contributed by atoms with Crippen molar-refractivity contribution in [1.82, 2.24) is 10.3 Å². The lowest BCUT2D eigenvalue weighted by atomic mass is 10.1. The zero-order valence-electron chi connectivity index (χ0n) is 10.2. The number of hydrogen-bond acceptors (Lipinski definition) is 3. The first kappa shape index (κ1) is 14.0. The van der Waals surface area contributed by atoms with Gasteiger partial charge in [-0.2, -0.15) is 4.39 Å². The molecular formula is C13H14ClF2N3. The Bertz CT molecular complexity index is 585. The number of nitrogens with one attached hydrogen (secondary N) is 1. The first-order chi connectivity index (χ1) is 8.74. The van der Waals surface area contributed by atoms with E-state index in [-0.39, 0.29) is 18.2 Å². The first-order valence-corrected chi connectivity index (χ1v) is 5.95. The predicted octanol–water partition coefficient (Wildman–Crippen LogP) is 2.34. The molecule has 0 atom stereocenters. The van der Waals surface area contributed by atoms with Gasteiger partial charge in [0.25, 0.3) is 0 Å². The van der Waals surface area contributed by atoms with Crippen LogP contribution in [0.3, 0.4) is 0 Å². The first-order valence-electron chi connectivity index (χ1n) is 5.95. The lowest BCUT2D eigenvalue weighted by molar-refractivity contribution is 0.563. The maximum Gasteiger partial charge on any atom is 0.215 e. The molecule has 1 fully saturated rings. The van der Waals surface area contributed by atoms with Gasteiger partial charge in [0.15, 0.2) is 0 Å². The highest BCUT2D eigenvalue weighted by molar-refractivity contribution is 5.92. The Labute approximate surface area is 116 Å². The molecule has 0 radical (unpaired) electrons. The van der Waals surface area contributed by atoms with E-state index in [9.17, 15) is 8.78 Å². The van der Waals surface area contributed by atoms with Gasteiger partial charge in [0.05, 0.1) is 0 Å². The number of benzene rings is 1. The number of halogens is 3. The summed E-state index contributed by atoms with van der Waals surface area (Å²) < 4.78 is 26.8. The van der Waals surface area contributed by atoms with Gasteiger partial charge in [-0.3, -0.25) is 0 Å². The molecule has 2 heterocycles. The summed E-state index contributed by atoms with van der Waals surface area (Å²) in [5.74, 6) is -0.319. The summed E-state index contributed by atoms with van der Waals surface area (Å²) in [5.41, 5.74) is 0. The molecule has 0 unspecified atom stereocenters. The summed E-state index contributed by atoms with van der Waals surface area (Å²) in [4.78, 5) is 5.92. The monoisotopic (exact) mass is 285 g/mol. The fourth-order valence-corrected chi connectivity index (χ4v) is 2.29. The minimum atomic E-state index is -0.525. The SMILES string of the molecule is Cl.Fc1ccc2cc(F)nc(N3CCNCC3)c2c1. The molecule has 0 aliphatic carbocycles. The fraction of sp³-hybridized carbons (Fsp3) is 0.308. The zero-order valence-corrected chi connectivity index (χ0v) is 11.0. The molecule has 0 spiro atoms. The van der Waals surface area contributed by atoms with Crippen LogP contribution in [0.4, 0.5) is 14.6 Å². The normalized spacial score (nSPS) is 15.4. The predicted molar refractivity (Wildman–Crippen MR) is 74.0 cm³/mol. The topological polar surface area (TPSA) is 28.2 Å². The summed E-state index contributed by atoms with van der Waals surface area (Å²) in [7, 11) is 0. The summed E-state index contributed by atoms with van der Waals surface area (Å²) in [6.07, 6.45) is 0. The zero-order chi connectivity index (χ0) is 12.5. The van der Waals surface area contributed by atoms with Gasteiger partial charge in [-0.05, 0) is 17.5 Å². The maximum absolute atomic E-state index is 13.5. The van der Waals surface area contributed by atoms with Crippen molar-refractivity contribution >= 4 is 29.0 Å². The van der Waals surface area contributed by atoms with E-state index >= 15 is 0 Å². The standard InChI is InChI=1S/C13H13F2N3.ClH/c14-10-2-1-9-7-12(15)17-13(11(9)8-10)18-5-3-16-4-6-18;/h1-2,7-8,16H,3-6H2;1H. The minimum absolute atomic E-state index is 0. The molecule has 1 aromatic carbocycles. The van der Waals surface area contributed by atoms with Gasteiger partial charge < -0.3 is 10.2 Å². The molecule has 0 saturated carbocycles. The third kappa shape index (κ3) is 2.77. The molecule has 102 valence electrons. The van der Waals surface area contributed by atoms with Crippen molar-refractivity contribution < 1.29 is 8.78 Å². The van der Waals surface area contributed by atoms with Gasteiger partial charge >= 0.3 is 0 Å². The molecule has 3 nitrogen and oxygen atoms in total. The Morgan fingerprint density at radius 3 is 2.58 bits per heavy atom. The van der Waals surface area contributed by atoms with Crippen LogP contribution in [0.5, 0.6) is 0 Å². The van der Waals surface area contributed by atoms with E-state index in [2.05, 4.69) is 10.3 Å². The van der Waals surface area contributed by atoms with E-state index in [0.717, 1.165) is 26.2 Å².